The summed E-state index contributed by atoms with van der Waals surface area (Å²) in [7, 11) is 0. The lowest BCUT2D eigenvalue weighted by molar-refractivity contribution is -0.0980. The summed E-state index contributed by atoms with van der Waals surface area (Å²) in [4.78, 5) is 11.7. The van der Waals surface area contributed by atoms with Gasteiger partial charge in [-0.25, -0.2) is 0 Å². The molecule has 8 aromatic heterocycles. The maximum absolute atomic E-state index is 11.7. The first-order valence-electron chi connectivity index (χ1n) is 38.6. The van der Waals surface area contributed by atoms with E-state index in [0.29, 0.717) is 44.5 Å². The van der Waals surface area contributed by atoms with Crippen molar-refractivity contribution in [3.8, 4) is 105 Å². The molecule has 2 N–H and O–H groups in total. The normalized spacial score (nSPS) is 11.5. The van der Waals surface area contributed by atoms with Gasteiger partial charge in [0.15, 0.2) is 17.2 Å². The van der Waals surface area contributed by atoms with Gasteiger partial charge in [0, 0.05) is 98.3 Å². The lowest BCUT2D eigenvalue weighted by Gasteiger charge is -2.16. The summed E-state index contributed by atoms with van der Waals surface area (Å²) in [6.45, 7) is 9.24. The topological polar surface area (TPSA) is 133 Å². The van der Waals surface area contributed by atoms with Gasteiger partial charge in [0.2, 0.25) is 0 Å². The maximum atomic E-state index is 11.7. The van der Waals surface area contributed by atoms with Gasteiger partial charge in [-0.15, -0.1) is 45.3 Å². The minimum Gasteiger partial charge on any atom is -0.504 e. The molecule has 13 nitrogen and oxygen atoms in total. The number of hydrogen-bond acceptors (Lipinski definition) is 13. The van der Waals surface area contributed by atoms with E-state index in [9.17, 15) is 10.2 Å². The van der Waals surface area contributed by atoms with Gasteiger partial charge in [-0.3, -0.25) is 0 Å². The van der Waals surface area contributed by atoms with Gasteiger partial charge >= 0.3 is 0 Å². The molecule has 0 bridgehead atoms. The number of ether oxygens (including phenoxy) is 6. The second kappa shape index (κ2) is 33.1. The van der Waals surface area contributed by atoms with Crippen LogP contribution in [0.25, 0.3) is 152 Å². The van der Waals surface area contributed by atoms with E-state index in [-0.39, 0.29) is 24.7 Å². The zero-order valence-corrected chi connectivity index (χ0v) is 66.8. The average molecular weight is 1600 g/mol. The SMILES string of the molecule is C=O.CCOCCc1c(-n2c3ccccc3c3ccccc32)csc1-c1ccccc1OCCOc1ccccc1-c1scc(-n2c3ccccc3c3ccccc32)c1OCC.Oc1c(-n2c3ccccc3c3ccccc32)csc1-c1ccccc1OCCOc1ccccc1-c1scc(-n2c3ccccc3c3ccccc32)c1O. The molecule has 20 rings (SSSR count). The number of aromatic nitrogens is 4. The number of para-hydroxylation sites is 12. The number of thiophene rings is 4. The first-order valence-corrected chi connectivity index (χ1v) is 42.1. The van der Waals surface area contributed by atoms with Crippen molar-refractivity contribution in [3.63, 3.8) is 0 Å². The lowest BCUT2D eigenvalue weighted by atomic mass is 10.0. The Morgan fingerprint density at radius 3 is 0.853 bits per heavy atom. The Hall–Kier alpha value is -13.1. The van der Waals surface area contributed by atoms with Gasteiger partial charge in [0.1, 0.15) is 61.9 Å². The van der Waals surface area contributed by atoms with Crippen LogP contribution in [0, 0.1) is 0 Å². The van der Waals surface area contributed by atoms with Crippen molar-refractivity contribution in [1.29, 1.82) is 0 Å². The van der Waals surface area contributed by atoms with Crippen LogP contribution in [-0.4, -0.2) is 81.5 Å². The quantitative estimate of drug-likeness (QED) is 0.0568. The van der Waals surface area contributed by atoms with Crippen LogP contribution < -0.4 is 23.7 Å². The number of aromatic hydroxyl groups is 2. The second-order valence-electron chi connectivity index (χ2n) is 27.5. The predicted octanol–water partition coefficient (Wildman–Crippen LogP) is 25.8. The van der Waals surface area contributed by atoms with Gasteiger partial charge in [-0.2, -0.15) is 0 Å². The summed E-state index contributed by atoms with van der Waals surface area (Å²) >= 11 is 6.42. The Labute approximate surface area is 685 Å². The Bertz CT molecular complexity index is 6550. The number of nitrogens with zero attached hydrogens (tertiary/aromatic N) is 4. The van der Waals surface area contributed by atoms with Crippen LogP contribution in [0.5, 0.6) is 40.2 Å². The van der Waals surface area contributed by atoms with Gasteiger partial charge < -0.3 is 61.7 Å². The number of hydrogen-bond donors (Lipinski definition) is 2. The van der Waals surface area contributed by atoms with Crippen molar-refractivity contribution in [2.45, 2.75) is 20.3 Å². The van der Waals surface area contributed by atoms with Crippen LogP contribution in [0.3, 0.4) is 0 Å². The fourth-order valence-corrected chi connectivity index (χ4v) is 20.2. The molecule has 0 amide bonds. The van der Waals surface area contributed by atoms with Gasteiger partial charge in [0.25, 0.3) is 0 Å². The largest absolute Gasteiger partial charge is 0.504 e. The number of rotatable bonds is 24. The van der Waals surface area contributed by atoms with E-state index < -0.39 is 0 Å². The molecule has 116 heavy (non-hydrogen) atoms. The van der Waals surface area contributed by atoms with Crippen LogP contribution in [0.15, 0.2) is 313 Å². The monoisotopic (exact) mass is 1590 g/mol. The van der Waals surface area contributed by atoms with Crippen molar-refractivity contribution < 1.29 is 43.4 Å². The standard InChI is InChI=1S/C52H44N2O4S2.C46H32N2O4S2.CH2O/c1-3-55-30-29-39-46(53-42-23-11-5-17-35(42)36-18-6-12-24-43(36)53)33-59-51(39)40-21-9-15-27-48(40)57-31-32-58-49-28-16-10-22-41(49)52-50(56-4-2)47(34-60-52)54-44-25-13-7-19-37(44)38-20-8-14-26-45(38)54;49-43-39(47-35-19-7-1-13-29(35)30-14-2-8-20-36(30)47)27-53-45(43)33-17-5-11-23-41(33)51-25-26-52-42-24-12-6-18-34(42)46-44(50)40(28-54-46)48-37-21-9-3-15-31(37)32-16-4-10-22-38(32)48;1-2/h5-28,33-34H,3-4,29-32H2,1-2H3;1-24,27-28,49-50H,25-26H2;1H2. The summed E-state index contributed by atoms with van der Waals surface area (Å²) < 4.78 is 47.2. The Morgan fingerprint density at radius 2 is 0.526 bits per heavy atom. The average Bonchev–Trinajstić information content (AvgIpc) is 1.60. The third-order valence-electron chi connectivity index (χ3n) is 21.1. The fraction of sp³-hybridized carbons (Fsp3) is 0.101. The molecule has 8 heterocycles. The Balaban J connectivity index is 0.000000158. The van der Waals surface area contributed by atoms with E-state index in [2.05, 4.69) is 212 Å². The third kappa shape index (κ3) is 13.5. The predicted molar refractivity (Wildman–Crippen MR) is 480 cm³/mol. The van der Waals surface area contributed by atoms with Gasteiger partial charge in [-0.1, -0.05) is 194 Å². The lowest BCUT2D eigenvalue weighted by Crippen LogP contribution is -2.10. The van der Waals surface area contributed by atoms with E-state index in [1.165, 1.54) is 71.4 Å². The molecular formula is C99H78N4O9S4. The first-order chi connectivity index (χ1) is 57.4. The molecular weight excluding hydrogens is 1520 g/mol. The highest BCUT2D eigenvalue weighted by molar-refractivity contribution is 7.15. The van der Waals surface area contributed by atoms with Gasteiger partial charge in [-0.05, 0) is 123 Å². The molecule has 0 saturated carbocycles. The van der Waals surface area contributed by atoms with Crippen LogP contribution in [0.4, 0.5) is 0 Å². The summed E-state index contributed by atoms with van der Waals surface area (Å²) in [6.07, 6.45) is 0.780. The molecule has 0 fully saturated rings. The zero-order valence-electron chi connectivity index (χ0n) is 63.6. The maximum Gasteiger partial charge on any atom is 0.162 e. The molecule has 20 aromatic rings. The summed E-state index contributed by atoms with van der Waals surface area (Å²) in [5.74, 6) is 4.21. The molecule has 17 heteroatoms. The number of fused-ring (bicyclic) bond motifs is 12. The van der Waals surface area contributed by atoms with Crippen LogP contribution in [-0.2, 0) is 16.0 Å². The Morgan fingerprint density at radius 1 is 0.276 bits per heavy atom. The highest BCUT2D eigenvalue weighted by Gasteiger charge is 2.28. The summed E-state index contributed by atoms with van der Waals surface area (Å²) in [6, 6.07) is 99.8. The van der Waals surface area contributed by atoms with Crippen LogP contribution >= 0.6 is 45.3 Å². The summed E-state index contributed by atoms with van der Waals surface area (Å²) in [5.41, 5.74) is 17.5. The van der Waals surface area contributed by atoms with Crippen molar-refractivity contribution in [2.75, 3.05) is 46.2 Å². The third-order valence-corrected chi connectivity index (χ3v) is 25.1. The van der Waals surface area contributed by atoms with Crippen molar-refractivity contribution in [1.82, 2.24) is 18.3 Å². The molecule has 12 aromatic carbocycles. The minimum absolute atomic E-state index is 0.212. The number of benzene rings is 12. The van der Waals surface area contributed by atoms with Crippen molar-refractivity contribution in [2.24, 2.45) is 0 Å². The molecule has 0 radical (unpaired) electrons. The molecule has 0 aliphatic carbocycles. The second-order valence-corrected chi connectivity index (χ2v) is 31.1. The molecule has 0 unspecified atom stereocenters. The fourth-order valence-electron chi connectivity index (χ4n) is 16.1. The number of carbonyl (C=O) groups is 1. The molecule has 0 aliphatic heterocycles. The van der Waals surface area contributed by atoms with Crippen LogP contribution in [0.1, 0.15) is 19.4 Å². The minimum atomic E-state index is 0.212. The van der Waals surface area contributed by atoms with Gasteiger partial charge in [0.05, 0.1) is 89.0 Å². The van der Waals surface area contributed by atoms with Crippen molar-refractivity contribution >= 4 is 139 Å². The van der Waals surface area contributed by atoms with E-state index in [0.717, 1.165) is 132 Å². The van der Waals surface area contributed by atoms with E-state index in [4.69, 9.17) is 33.2 Å². The van der Waals surface area contributed by atoms with E-state index >= 15 is 0 Å². The van der Waals surface area contributed by atoms with E-state index in [1.54, 1.807) is 22.7 Å². The Kier molecular flexibility index (Phi) is 21.2. The first kappa shape index (κ1) is 74.3. The van der Waals surface area contributed by atoms with Crippen molar-refractivity contribution in [3.05, 3.63) is 318 Å². The van der Waals surface area contributed by atoms with Crippen LogP contribution in [0.2, 0.25) is 0 Å². The highest BCUT2D eigenvalue weighted by atomic mass is 32.1. The molecule has 0 atom stereocenters. The summed E-state index contributed by atoms with van der Waals surface area (Å²) in [5, 5.41) is 41.5. The van der Waals surface area contributed by atoms with E-state index in [1.807, 2.05) is 140 Å². The molecule has 0 aliphatic rings. The smallest absolute Gasteiger partial charge is 0.162 e. The molecule has 572 valence electrons. The molecule has 0 spiro atoms. The zero-order chi connectivity index (χ0) is 78.6. The molecule has 0 saturated heterocycles. The highest BCUT2D eigenvalue weighted by Crippen LogP contribution is 2.51. The number of carbonyl (C=O) groups excluding carboxylic acids is 1.